The molecule has 1 aliphatic rings. The van der Waals surface area contributed by atoms with Crippen molar-refractivity contribution in [2.75, 3.05) is 0 Å². The van der Waals surface area contributed by atoms with E-state index in [1.54, 1.807) is 0 Å². The molecule has 2 heteroatoms. The Hall–Kier alpha value is -1.80. The maximum Gasteiger partial charge on any atom is 0.133 e. The molecule has 98 valence electrons. The van der Waals surface area contributed by atoms with Crippen molar-refractivity contribution in [3.8, 4) is 5.75 Å². The zero-order valence-corrected chi connectivity index (χ0v) is 11.3. The van der Waals surface area contributed by atoms with Crippen molar-refractivity contribution < 1.29 is 9.84 Å². The number of aliphatic hydroxyl groups is 1. The molecule has 2 aromatic rings. The Labute approximate surface area is 113 Å². The summed E-state index contributed by atoms with van der Waals surface area (Å²) in [6.07, 6.45) is 0.0562. The van der Waals surface area contributed by atoms with E-state index in [9.17, 15) is 5.11 Å². The Morgan fingerprint density at radius 1 is 1.11 bits per heavy atom. The predicted octanol–water partition coefficient (Wildman–Crippen LogP) is 3.34. The molecule has 3 rings (SSSR count). The predicted molar refractivity (Wildman–Crippen MR) is 75.4 cm³/mol. The van der Waals surface area contributed by atoms with Crippen molar-refractivity contribution >= 4 is 0 Å². The molecule has 0 bridgehead atoms. The molecule has 2 atom stereocenters. The molecule has 0 heterocycles. The third-order valence-electron chi connectivity index (χ3n) is 3.76. The zero-order valence-electron chi connectivity index (χ0n) is 11.3. The minimum Gasteiger partial charge on any atom is -0.487 e. The SMILES string of the molecule is Cc1ccc(OC2Cc3ccccc3C2O)c(C)c1. The molecule has 0 radical (unpaired) electrons. The molecule has 0 saturated carbocycles. The van der Waals surface area contributed by atoms with Gasteiger partial charge in [0, 0.05) is 6.42 Å². The first kappa shape index (κ1) is 12.2. The minimum absolute atomic E-state index is 0.182. The van der Waals surface area contributed by atoms with E-state index in [1.165, 1.54) is 11.1 Å². The second-order valence-corrected chi connectivity index (χ2v) is 5.27. The molecule has 1 N–H and O–H groups in total. The van der Waals surface area contributed by atoms with Crippen LogP contribution in [-0.2, 0) is 6.42 Å². The molecule has 19 heavy (non-hydrogen) atoms. The number of fused-ring (bicyclic) bond motifs is 1. The molecule has 1 aliphatic carbocycles. The third-order valence-corrected chi connectivity index (χ3v) is 3.76. The van der Waals surface area contributed by atoms with E-state index in [2.05, 4.69) is 19.1 Å². The molecule has 0 saturated heterocycles. The fraction of sp³-hybridized carbons (Fsp3) is 0.294. The van der Waals surface area contributed by atoms with Gasteiger partial charge in [0.15, 0.2) is 0 Å². The van der Waals surface area contributed by atoms with Crippen LogP contribution < -0.4 is 4.74 Å². The number of ether oxygens (including phenoxy) is 1. The molecular weight excluding hydrogens is 236 g/mol. The maximum absolute atomic E-state index is 10.3. The standard InChI is InChI=1S/C17H18O2/c1-11-7-8-15(12(2)9-11)19-16-10-13-5-3-4-6-14(13)17(16)18/h3-9,16-18H,10H2,1-2H3. The average molecular weight is 254 g/mol. The Bertz CT molecular complexity index is 604. The van der Waals surface area contributed by atoms with Crippen LogP contribution in [0.5, 0.6) is 5.75 Å². The fourth-order valence-electron chi connectivity index (χ4n) is 2.74. The summed E-state index contributed by atoms with van der Waals surface area (Å²) in [7, 11) is 0. The van der Waals surface area contributed by atoms with Crippen LogP contribution in [-0.4, -0.2) is 11.2 Å². The Morgan fingerprint density at radius 3 is 2.63 bits per heavy atom. The van der Waals surface area contributed by atoms with Crippen LogP contribution >= 0.6 is 0 Å². The van der Waals surface area contributed by atoms with Gasteiger partial charge in [0.2, 0.25) is 0 Å². The topological polar surface area (TPSA) is 29.5 Å². The van der Waals surface area contributed by atoms with Gasteiger partial charge >= 0.3 is 0 Å². The van der Waals surface area contributed by atoms with Gasteiger partial charge in [-0.2, -0.15) is 0 Å². The fourth-order valence-corrected chi connectivity index (χ4v) is 2.74. The summed E-state index contributed by atoms with van der Waals surface area (Å²) >= 11 is 0. The Morgan fingerprint density at radius 2 is 1.89 bits per heavy atom. The number of rotatable bonds is 2. The number of aryl methyl sites for hydroxylation is 2. The highest BCUT2D eigenvalue weighted by atomic mass is 16.5. The first-order valence-corrected chi connectivity index (χ1v) is 6.65. The summed E-state index contributed by atoms with van der Waals surface area (Å²) in [6, 6.07) is 14.1. The van der Waals surface area contributed by atoms with Gasteiger partial charge < -0.3 is 9.84 Å². The number of benzene rings is 2. The molecule has 2 unspecified atom stereocenters. The quantitative estimate of drug-likeness (QED) is 0.890. The van der Waals surface area contributed by atoms with E-state index < -0.39 is 6.10 Å². The highest BCUT2D eigenvalue weighted by Gasteiger charge is 2.32. The van der Waals surface area contributed by atoms with Crippen LogP contribution in [0.4, 0.5) is 0 Å². The summed E-state index contributed by atoms with van der Waals surface area (Å²) in [5.74, 6) is 0.863. The highest BCUT2D eigenvalue weighted by Crippen LogP contribution is 2.34. The van der Waals surface area contributed by atoms with Crippen molar-refractivity contribution in [1.82, 2.24) is 0 Å². The van der Waals surface area contributed by atoms with Crippen molar-refractivity contribution in [3.05, 3.63) is 64.7 Å². The molecule has 0 amide bonds. The Balaban J connectivity index is 1.83. The average Bonchev–Trinajstić information content (AvgIpc) is 2.70. The Kier molecular flexibility index (Phi) is 3.03. The molecule has 0 spiro atoms. The van der Waals surface area contributed by atoms with Crippen LogP contribution in [0.2, 0.25) is 0 Å². The van der Waals surface area contributed by atoms with E-state index in [0.29, 0.717) is 0 Å². The number of aliphatic hydroxyl groups excluding tert-OH is 1. The van der Waals surface area contributed by atoms with Crippen LogP contribution in [0.1, 0.15) is 28.4 Å². The second kappa shape index (κ2) is 4.71. The van der Waals surface area contributed by atoms with Crippen LogP contribution in [0, 0.1) is 13.8 Å². The van der Waals surface area contributed by atoms with Crippen molar-refractivity contribution in [2.24, 2.45) is 0 Å². The van der Waals surface area contributed by atoms with E-state index in [-0.39, 0.29) is 6.10 Å². The van der Waals surface area contributed by atoms with Gasteiger partial charge in [0.1, 0.15) is 18.0 Å². The molecule has 0 fully saturated rings. The summed E-state index contributed by atoms with van der Waals surface area (Å²) < 4.78 is 6.01. The van der Waals surface area contributed by atoms with Crippen molar-refractivity contribution in [1.29, 1.82) is 0 Å². The molecule has 2 aromatic carbocycles. The lowest BCUT2D eigenvalue weighted by molar-refractivity contribution is 0.0489. The van der Waals surface area contributed by atoms with Crippen molar-refractivity contribution in [3.63, 3.8) is 0 Å². The van der Waals surface area contributed by atoms with Gasteiger partial charge in [0.05, 0.1) is 0 Å². The van der Waals surface area contributed by atoms with Gasteiger partial charge in [-0.1, -0.05) is 42.0 Å². The van der Waals surface area contributed by atoms with E-state index in [0.717, 1.165) is 23.3 Å². The van der Waals surface area contributed by atoms with Crippen LogP contribution in [0.25, 0.3) is 0 Å². The van der Waals surface area contributed by atoms with Crippen LogP contribution in [0.15, 0.2) is 42.5 Å². The summed E-state index contributed by atoms with van der Waals surface area (Å²) in [6.45, 7) is 4.11. The first-order chi connectivity index (χ1) is 9.15. The molecule has 0 aliphatic heterocycles. The van der Waals surface area contributed by atoms with Gasteiger partial charge in [0.25, 0.3) is 0 Å². The summed E-state index contributed by atoms with van der Waals surface area (Å²) in [5, 5.41) is 10.3. The maximum atomic E-state index is 10.3. The number of hydrogen-bond donors (Lipinski definition) is 1. The van der Waals surface area contributed by atoms with Gasteiger partial charge in [-0.05, 0) is 36.6 Å². The summed E-state index contributed by atoms with van der Waals surface area (Å²) in [4.78, 5) is 0. The monoisotopic (exact) mass is 254 g/mol. The lowest BCUT2D eigenvalue weighted by Gasteiger charge is -2.19. The van der Waals surface area contributed by atoms with E-state index in [4.69, 9.17) is 4.74 Å². The normalized spacial score (nSPS) is 21.2. The van der Waals surface area contributed by atoms with Gasteiger partial charge in [-0.3, -0.25) is 0 Å². The second-order valence-electron chi connectivity index (χ2n) is 5.27. The van der Waals surface area contributed by atoms with E-state index in [1.807, 2.05) is 37.3 Å². The third kappa shape index (κ3) is 2.24. The van der Waals surface area contributed by atoms with Crippen LogP contribution in [0.3, 0.4) is 0 Å². The molecular formula is C17H18O2. The van der Waals surface area contributed by atoms with Gasteiger partial charge in [-0.15, -0.1) is 0 Å². The number of hydrogen-bond acceptors (Lipinski definition) is 2. The summed E-state index contributed by atoms with van der Waals surface area (Å²) in [5.41, 5.74) is 4.52. The van der Waals surface area contributed by atoms with Crippen molar-refractivity contribution in [2.45, 2.75) is 32.5 Å². The molecule has 0 aromatic heterocycles. The van der Waals surface area contributed by atoms with E-state index >= 15 is 0 Å². The lowest BCUT2D eigenvalue weighted by Crippen LogP contribution is -2.22. The zero-order chi connectivity index (χ0) is 13.4. The molecule has 2 nitrogen and oxygen atoms in total. The lowest BCUT2D eigenvalue weighted by atomic mass is 10.1. The minimum atomic E-state index is -0.531. The largest absolute Gasteiger partial charge is 0.487 e. The first-order valence-electron chi connectivity index (χ1n) is 6.65. The smallest absolute Gasteiger partial charge is 0.133 e. The van der Waals surface area contributed by atoms with Gasteiger partial charge in [-0.25, -0.2) is 0 Å². The highest BCUT2D eigenvalue weighted by molar-refractivity contribution is 5.39.